The molecule has 2 atom stereocenters. The second-order valence-electron chi connectivity index (χ2n) is 6.43. The van der Waals surface area contributed by atoms with Crippen LogP contribution in [0.4, 0.5) is 8.78 Å². The number of halogens is 2. The van der Waals surface area contributed by atoms with E-state index in [0.29, 0.717) is 30.5 Å². The van der Waals surface area contributed by atoms with Crippen LogP contribution in [0.1, 0.15) is 41.6 Å². The third-order valence-corrected chi connectivity index (χ3v) is 4.72. The van der Waals surface area contributed by atoms with Gasteiger partial charge in [-0.15, -0.1) is 0 Å². The molecule has 0 saturated carbocycles. The average Bonchev–Trinajstić information content (AvgIpc) is 2.69. The molecular formula is C20H18F2N2O2. The fourth-order valence-electron chi connectivity index (χ4n) is 3.31. The van der Waals surface area contributed by atoms with E-state index < -0.39 is 23.6 Å². The van der Waals surface area contributed by atoms with Gasteiger partial charge in [0.15, 0.2) is 6.10 Å². The SMILES string of the molecule is N#Cc1ccc(C(O)C(=O)N2CCCC(c3cc(F)ccc3F)C2)cc1. The van der Waals surface area contributed by atoms with Crippen molar-refractivity contribution in [2.45, 2.75) is 24.9 Å². The monoisotopic (exact) mass is 356 g/mol. The first-order chi connectivity index (χ1) is 12.5. The highest BCUT2D eigenvalue weighted by molar-refractivity contribution is 5.82. The van der Waals surface area contributed by atoms with E-state index >= 15 is 0 Å². The van der Waals surface area contributed by atoms with Gasteiger partial charge in [-0.3, -0.25) is 4.79 Å². The Hall–Kier alpha value is -2.78. The Morgan fingerprint density at radius 3 is 2.65 bits per heavy atom. The van der Waals surface area contributed by atoms with E-state index in [2.05, 4.69) is 0 Å². The average molecular weight is 356 g/mol. The predicted molar refractivity (Wildman–Crippen MR) is 91.0 cm³/mol. The molecule has 1 aliphatic heterocycles. The lowest BCUT2D eigenvalue weighted by molar-refractivity contribution is -0.141. The minimum atomic E-state index is -1.35. The van der Waals surface area contributed by atoms with Crippen molar-refractivity contribution in [2.75, 3.05) is 13.1 Å². The van der Waals surface area contributed by atoms with Gasteiger partial charge in [-0.05, 0) is 54.3 Å². The van der Waals surface area contributed by atoms with Crippen LogP contribution in [0.15, 0.2) is 42.5 Å². The van der Waals surface area contributed by atoms with Gasteiger partial charge in [0.05, 0.1) is 11.6 Å². The summed E-state index contributed by atoms with van der Waals surface area (Å²) in [5.74, 6) is -1.78. The number of likely N-dealkylation sites (tertiary alicyclic amines) is 1. The maximum Gasteiger partial charge on any atom is 0.256 e. The Bertz CT molecular complexity index is 846. The summed E-state index contributed by atoms with van der Waals surface area (Å²) in [4.78, 5) is 14.1. The molecule has 1 heterocycles. The van der Waals surface area contributed by atoms with Crippen LogP contribution in [-0.2, 0) is 4.79 Å². The third kappa shape index (κ3) is 3.73. The largest absolute Gasteiger partial charge is 0.378 e. The van der Waals surface area contributed by atoms with Gasteiger partial charge in [-0.25, -0.2) is 8.78 Å². The summed E-state index contributed by atoms with van der Waals surface area (Å²) < 4.78 is 27.5. The van der Waals surface area contributed by atoms with E-state index in [-0.39, 0.29) is 18.0 Å². The summed E-state index contributed by atoms with van der Waals surface area (Å²) in [5, 5.41) is 19.2. The number of aliphatic hydroxyl groups excluding tert-OH is 1. The molecule has 1 saturated heterocycles. The smallest absolute Gasteiger partial charge is 0.256 e. The van der Waals surface area contributed by atoms with Gasteiger partial charge >= 0.3 is 0 Å². The minimum Gasteiger partial charge on any atom is -0.378 e. The summed E-state index contributed by atoms with van der Waals surface area (Å²) in [6, 6.07) is 11.5. The molecular weight excluding hydrogens is 338 g/mol. The van der Waals surface area contributed by atoms with Crippen LogP contribution < -0.4 is 0 Å². The molecule has 1 amide bonds. The van der Waals surface area contributed by atoms with Crippen molar-refractivity contribution in [2.24, 2.45) is 0 Å². The molecule has 0 spiro atoms. The summed E-state index contributed by atoms with van der Waals surface area (Å²) in [5.41, 5.74) is 1.09. The van der Waals surface area contributed by atoms with Gasteiger partial charge < -0.3 is 10.0 Å². The molecule has 0 radical (unpaired) electrons. The van der Waals surface area contributed by atoms with E-state index in [1.807, 2.05) is 6.07 Å². The van der Waals surface area contributed by atoms with Crippen LogP contribution in [0.3, 0.4) is 0 Å². The van der Waals surface area contributed by atoms with Crippen LogP contribution in [-0.4, -0.2) is 29.0 Å². The van der Waals surface area contributed by atoms with E-state index in [0.717, 1.165) is 12.1 Å². The number of rotatable bonds is 3. The quantitative estimate of drug-likeness (QED) is 0.918. The summed E-state index contributed by atoms with van der Waals surface area (Å²) in [6.45, 7) is 0.687. The minimum absolute atomic E-state index is 0.229. The van der Waals surface area contributed by atoms with Crippen molar-refractivity contribution in [3.8, 4) is 6.07 Å². The molecule has 2 aromatic carbocycles. The number of nitrogens with zero attached hydrogens (tertiary/aromatic N) is 2. The lowest BCUT2D eigenvalue weighted by Gasteiger charge is -2.34. The first kappa shape index (κ1) is 18.0. The van der Waals surface area contributed by atoms with Gasteiger partial charge in [0.1, 0.15) is 11.6 Å². The normalized spacial score (nSPS) is 18.2. The standard InChI is InChI=1S/C20H18F2N2O2/c21-16-7-8-18(22)17(10-16)15-2-1-9-24(12-15)20(26)19(25)14-5-3-13(11-23)4-6-14/h3-8,10,15,19,25H,1-2,9,12H2. The van der Waals surface area contributed by atoms with E-state index in [1.165, 1.54) is 35.2 Å². The van der Waals surface area contributed by atoms with E-state index in [4.69, 9.17) is 5.26 Å². The molecule has 1 N–H and O–H groups in total. The molecule has 3 rings (SSSR count). The number of piperidine rings is 1. The number of aliphatic hydroxyl groups is 1. The fraction of sp³-hybridized carbons (Fsp3) is 0.300. The Morgan fingerprint density at radius 1 is 1.23 bits per heavy atom. The first-order valence-electron chi connectivity index (χ1n) is 8.41. The van der Waals surface area contributed by atoms with Crippen molar-refractivity contribution in [3.05, 3.63) is 70.8 Å². The Kier molecular flexibility index (Phi) is 5.29. The number of amides is 1. The molecule has 0 bridgehead atoms. The Balaban J connectivity index is 1.75. The maximum absolute atomic E-state index is 14.0. The zero-order chi connectivity index (χ0) is 18.7. The van der Waals surface area contributed by atoms with Gasteiger partial charge in [0.2, 0.25) is 0 Å². The summed E-state index contributed by atoms with van der Waals surface area (Å²) in [6.07, 6.45) is -0.0531. The predicted octanol–water partition coefficient (Wildman–Crippen LogP) is 3.28. The Morgan fingerprint density at radius 2 is 1.96 bits per heavy atom. The number of benzene rings is 2. The molecule has 0 aliphatic carbocycles. The zero-order valence-corrected chi connectivity index (χ0v) is 14.0. The highest BCUT2D eigenvalue weighted by Crippen LogP contribution is 2.30. The van der Waals surface area contributed by atoms with Gasteiger partial charge in [-0.1, -0.05) is 12.1 Å². The number of nitriles is 1. The molecule has 2 aromatic rings. The fourth-order valence-corrected chi connectivity index (χ4v) is 3.31. The van der Waals surface area contributed by atoms with E-state index in [1.54, 1.807) is 0 Å². The van der Waals surface area contributed by atoms with E-state index in [9.17, 15) is 18.7 Å². The van der Waals surface area contributed by atoms with Crippen molar-refractivity contribution in [1.29, 1.82) is 5.26 Å². The second-order valence-corrected chi connectivity index (χ2v) is 6.43. The highest BCUT2D eigenvalue weighted by atomic mass is 19.1. The molecule has 2 unspecified atom stereocenters. The third-order valence-electron chi connectivity index (χ3n) is 4.72. The molecule has 1 fully saturated rings. The molecule has 1 aliphatic rings. The topological polar surface area (TPSA) is 64.3 Å². The summed E-state index contributed by atoms with van der Waals surface area (Å²) >= 11 is 0. The summed E-state index contributed by atoms with van der Waals surface area (Å²) in [7, 11) is 0. The second kappa shape index (κ2) is 7.63. The van der Waals surface area contributed by atoms with Crippen molar-refractivity contribution in [1.82, 2.24) is 4.90 Å². The van der Waals surface area contributed by atoms with Crippen molar-refractivity contribution >= 4 is 5.91 Å². The van der Waals surface area contributed by atoms with Gasteiger partial charge in [0.25, 0.3) is 5.91 Å². The number of hydrogen-bond acceptors (Lipinski definition) is 3. The lowest BCUT2D eigenvalue weighted by Crippen LogP contribution is -2.41. The number of hydrogen-bond donors (Lipinski definition) is 1. The zero-order valence-electron chi connectivity index (χ0n) is 14.0. The van der Waals surface area contributed by atoms with Crippen LogP contribution in [0.25, 0.3) is 0 Å². The van der Waals surface area contributed by atoms with Gasteiger partial charge in [-0.2, -0.15) is 5.26 Å². The molecule has 0 aromatic heterocycles. The lowest BCUT2D eigenvalue weighted by atomic mass is 9.89. The van der Waals surface area contributed by atoms with Crippen LogP contribution >= 0.6 is 0 Å². The number of carbonyl (C=O) groups excluding carboxylic acids is 1. The van der Waals surface area contributed by atoms with Crippen LogP contribution in [0.5, 0.6) is 0 Å². The van der Waals surface area contributed by atoms with Crippen LogP contribution in [0, 0.1) is 23.0 Å². The molecule has 26 heavy (non-hydrogen) atoms. The van der Waals surface area contributed by atoms with Crippen LogP contribution in [0.2, 0.25) is 0 Å². The number of carbonyl (C=O) groups is 1. The molecule has 4 nitrogen and oxygen atoms in total. The van der Waals surface area contributed by atoms with Crippen molar-refractivity contribution < 1.29 is 18.7 Å². The first-order valence-corrected chi connectivity index (χ1v) is 8.41. The highest BCUT2D eigenvalue weighted by Gasteiger charge is 2.30. The van der Waals surface area contributed by atoms with Crippen molar-refractivity contribution in [3.63, 3.8) is 0 Å². The molecule has 134 valence electrons. The maximum atomic E-state index is 14.0. The molecule has 6 heteroatoms. The Labute approximate surface area is 150 Å². The van der Waals surface area contributed by atoms with Gasteiger partial charge in [0, 0.05) is 19.0 Å².